The number of H-pyrrole nitrogens is 1. The monoisotopic (exact) mass is 308 g/mol. The highest BCUT2D eigenvalue weighted by atomic mass is 16.5. The fourth-order valence-corrected chi connectivity index (χ4v) is 2.52. The van der Waals surface area contributed by atoms with Crippen molar-refractivity contribution in [2.75, 3.05) is 17.2 Å². The maximum atomic E-state index is 12.5. The molecule has 0 saturated carbocycles. The second-order valence-electron chi connectivity index (χ2n) is 5.14. The molecule has 7 nitrogen and oxygen atoms in total. The summed E-state index contributed by atoms with van der Waals surface area (Å²) in [4.78, 5) is 23.8. The van der Waals surface area contributed by atoms with Crippen LogP contribution in [-0.2, 0) is 4.79 Å². The number of nitrogens with one attached hydrogen (secondary N) is 3. The van der Waals surface area contributed by atoms with Gasteiger partial charge < -0.3 is 15.4 Å². The standard InChI is InChI=1S/C16H12N4O3/c21-14-8-23-13-5-4-10(6-12(13)19-14)18-16(22)11-3-1-2-9-7-17-20-15(9)11/h1-7H,8H2,(H,17,20)(H,18,22)(H,19,21). The van der Waals surface area contributed by atoms with Crippen molar-refractivity contribution in [1.29, 1.82) is 0 Å². The number of para-hydroxylation sites is 1. The van der Waals surface area contributed by atoms with Gasteiger partial charge >= 0.3 is 0 Å². The second-order valence-corrected chi connectivity index (χ2v) is 5.14. The first-order chi connectivity index (χ1) is 11.2. The molecule has 1 aromatic heterocycles. The van der Waals surface area contributed by atoms with Gasteiger partial charge in [-0.1, -0.05) is 12.1 Å². The van der Waals surface area contributed by atoms with Crippen molar-refractivity contribution in [2.24, 2.45) is 0 Å². The summed E-state index contributed by atoms with van der Waals surface area (Å²) in [5.74, 6) is 0.101. The van der Waals surface area contributed by atoms with Gasteiger partial charge in [-0.25, -0.2) is 0 Å². The first-order valence-corrected chi connectivity index (χ1v) is 7.01. The summed E-state index contributed by atoms with van der Waals surface area (Å²) in [5.41, 5.74) is 2.28. The van der Waals surface area contributed by atoms with E-state index in [4.69, 9.17) is 4.74 Å². The fourth-order valence-electron chi connectivity index (χ4n) is 2.52. The van der Waals surface area contributed by atoms with Crippen LogP contribution in [-0.4, -0.2) is 28.6 Å². The van der Waals surface area contributed by atoms with Crippen LogP contribution >= 0.6 is 0 Å². The van der Waals surface area contributed by atoms with Gasteiger partial charge in [0.05, 0.1) is 23.0 Å². The van der Waals surface area contributed by atoms with Gasteiger partial charge in [0.25, 0.3) is 11.8 Å². The number of fused-ring (bicyclic) bond motifs is 2. The number of aromatic amines is 1. The lowest BCUT2D eigenvalue weighted by atomic mass is 10.1. The van der Waals surface area contributed by atoms with E-state index in [0.717, 1.165) is 5.39 Å². The molecule has 0 spiro atoms. The van der Waals surface area contributed by atoms with Crippen LogP contribution in [0.2, 0.25) is 0 Å². The molecule has 0 bridgehead atoms. The molecule has 3 N–H and O–H groups in total. The highest BCUT2D eigenvalue weighted by Gasteiger charge is 2.17. The largest absolute Gasteiger partial charge is 0.482 e. The van der Waals surface area contributed by atoms with E-state index in [0.29, 0.717) is 28.2 Å². The molecule has 0 radical (unpaired) electrons. The third-order valence-electron chi connectivity index (χ3n) is 3.59. The molecule has 2 aromatic carbocycles. The quantitative estimate of drug-likeness (QED) is 0.676. The molecule has 2 amide bonds. The molecule has 23 heavy (non-hydrogen) atoms. The number of ether oxygens (including phenoxy) is 1. The summed E-state index contributed by atoms with van der Waals surface area (Å²) in [6, 6.07) is 10.5. The topological polar surface area (TPSA) is 96.1 Å². The van der Waals surface area contributed by atoms with Crippen molar-refractivity contribution in [1.82, 2.24) is 10.2 Å². The molecule has 114 valence electrons. The van der Waals surface area contributed by atoms with Crippen molar-refractivity contribution >= 4 is 34.1 Å². The number of hydrogen-bond acceptors (Lipinski definition) is 4. The van der Waals surface area contributed by atoms with Gasteiger partial charge in [-0.15, -0.1) is 0 Å². The highest BCUT2D eigenvalue weighted by molar-refractivity contribution is 6.12. The summed E-state index contributed by atoms with van der Waals surface area (Å²) in [6.45, 7) is 0.000523. The van der Waals surface area contributed by atoms with Gasteiger partial charge in [0, 0.05) is 11.1 Å². The van der Waals surface area contributed by atoms with Crippen LogP contribution in [0.1, 0.15) is 10.4 Å². The zero-order valence-corrected chi connectivity index (χ0v) is 11.9. The molecule has 1 aliphatic rings. The van der Waals surface area contributed by atoms with Gasteiger partial charge in [0.1, 0.15) is 5.75 Å². The van der Waals surface area contributed by atoms with E-state index < -0.39 is 0 Å². The van der Waals surface area contributed by atoms with Crippen LogP contribution in [0.4, 0.5) is 11.4 Å². The SMILES string of the molecule is O=C1COc2ccc(NC(=O)c3cccc4cn[nH]c34)cc2N1. The summed E-state index contributed by atoms with van der Waals surface area (Å²) in [7, 11) is 0. The molecule has 0 fully saturated rings. The number of nitrogens with zero attached hydrogens (tertiary/aromatic N) is 1. The number of amides is 2. The number of carbonyl (C=O) groups excluding carboxylic acids is 2. The van der Waals surface area contributed by atoms with Crippen LogP contribution in [0, 0.1) is 0 Å². The van der Waals surface area contributed by atoms with Crippen LogP contribution in [0.25, 0.3) is 10.9 Å². The van der Waals surface area contributed by atoms with Gasteiger partial charge in [0.15, 0.2) is 6.61 Å². The van der Waals surface area contributed by atoms with Crippen molar-refractivity contribution in [3.63, 3.8) is 0 Å². The van der Waals surface area contributed by atoms with E-state index in [-0.39, 0.29) is 18.4 Å². The molecule has 0 aliphatic carbocycles. The van der Waals surface area contributed by atoms with E-state index in [1.807, 2.05) is 6.07 Å². The molecule has 0 unspecified atom stereocenters. The zero-order valence-electron chi connectivity index (χ0n) is 11.9. The average molecular weight is 308 g/mol. The molecule has 0 atom stereocenters. The molecule has 7 heteroatoms. The normalized spacial score (nSPS) is 13.1. The Kier molecular flexibility index (Phi) is 2.97. The van der Waals surface area contributed by atoms with Crippen LogP contribution in [0.5, 0.6) is 5.75 Å². The maximum absolute atomic E-state index is 12.5. The van der Waals surface area contributed by atoms with Crippen LogP contribution < -0.4 is 15.4 Å². The minimum atomic E-state index is -0.261. The molecule has 3 aromatic rings. The number of aromatic nitrogens is 2. The van der Waals surface area contributed by atoms with Gasteiger partial charge in [-0.2, -0.15) is 5.10 Å². The summed E-state index contributed by atoms with van der Waals surface area (Å²) < 4.78 is 5.29. The Hall–Kier alpha value is -3.35. The third-order valence-corrected chi connectivity index (χ3v) is 3.59. The Balaban J connectivity index is 1.63. The summed E-state index contributed by atoms with van der Waals surface area (Å²) >= 11 is 0. The Morgan fingerprint density at radius 3 is 3.09 bits per heavy atom. The molecule has 2 heterocycles. The number of hydrogen-bond donors (Lipinski definition) is 3. The second kappa shape index (κ2) is 5.13. The highest BCUT2D eigenvalue weighted by Crippen LogP contribution is 2.30. The van der Waals surface area contributed by atoms with E-state index in [1.165, 1.54) is 0 Å². The summed E-state index contributed by atoms with van der Waals surface area (Å²) in [5, 5.41) is 13.2. The Bertz CT molecular complexity index is 932. The molecule has 1 aliphatic heterocycles. The lowest BCUT2D eigenvalue weighted by molar-refractivity contribution is -0.118. The lowest BCUT2D eigenvalue weighted by Crippen LogP contribution is -2.25. The summed E-state index contributed by atoms with van der Waals surface area (Å²) in [6.07, 6.45) is 1.66. The molecular formula is C16H12N4O3. The number of benzene rings is 2. The average Bonchev–Trinajstić information content (AvgIpc) is 3.02. The van der Waals surface area contributed by atoms with Crippen LogP contribution in [0.15, 0.2) is 42.6 Å². The number of carbonyl (C=O) groups is 2. The Morgan fingerprint density at radius 2 is 2.17 bits per heavy atom. The predicted molar refractivity (Wildman–Crippen MR) is 84.6 cm³/mol. The van der Waals surface area contributed by atoms with E-state index in [2.05, 4.69) is 20.8 Å². The molecule has 4 rings (SSSR count). The Morgan fingerprint density at radius 1 is 1.26 bits per heavy atom. The predicted octanol–water partition coefficient (Wildman–Crippen LogP) is 2.15. The van der Waals surface area contributed by atoms with Crippen molar-refractivity contribution < 1.29 is 14.3 Å². The zero-order chi connectivity index (χ0) is 15.8. The van der Waals surface area contributed by atoms with E-state index >= 15 is 0 Å². The lowest BCUT2D eigenvalue weighted by Gasteiger charge is -2.18. The number of rotatable bonds is 2. The minimum Gasteiger partial charge on any atom is -0.482 e. The first kappa shape index (κ1) is 13.3. The molecular weight excluding hydrogens is 296 g/mol. The minimum absolute atomic E-state index is 0.000523. The van der Waals surface area contributed by atoms with Gasteiger partial charge in [-0.05, 0) is 24.3 Å². The van der Waals surface area contributed by atoms with E-state index in [1.54, 1.807) is 36.5 Å². The fraction of sp³-hybridized carbons (Fsp3) is 0.0625. The first-order valence-electron chi connectivity index (χ1n) is 7.01. The Labute approximate surface area is 130 Å². The van der Waals surface area contributed by atoms with Crippen molar-refractivity contribution in [3.8, 4) is 5.75 Å². The van der Waals surface area contributed by atoms with Gasteiger partial charge in [-0.3, -0.25) is 14.7 Å². The maximum Gasteiger partial charge on any atom is 0.262 e. The smallest absolute Gasteiger partial charge is 0.262 e. The van der Waals surface area contributed by atoms with Crippen molar-refractivity contribution in [3.05, 3.63) is 48.2 Å². The van der Waals surface area contributed by atoms with E-state index in [9.17, 15) is 9.59 Å². The number of anilines is 2. The molecule has 0 saturated heterocycles. The third kappa shape index (κ3) is 2.38. The van der Waals surface area contributed by atoms with Crippen LogP contribution in [0.3, 0.4) is 0 Å². The van der Waals surface area contributed by atoms with Gasteiger partial charge in [0.2, 0.25) is 0 Å². The van der Waals surface area contributed by atoms with Crippen molar-refractivity contribution in [2.45, 2.75) is 0 Å².